The second-order valence-corrected chi connectivity index (χ2v) is 6.44. The standard InChI is InChI=1S/C18H17NOS/c1-14-7-9-17(10-8-14)21(20)12-11-16-13-15-5-3-4-6-18(15)19(16)2/h3-13H,1-2H3/b12-11-. The third-order valence-corrected chi connectivity index (χ3v) is 4.72. The van der Waals surface area contributed by atoms with Gasteiger partial charge in [-0.15, -0.1) is 0 Å². The molecular weight excluding hydrogens is 278 g/mol. The molecule has 1 aromatic heterocycles. The fourth-order valence-electron chi connectivity index (χ4n) is 2.35. The van der Waals surface area contributed by atoms with Gasteiger partial charge >= 0.3 is 0 Å². The zero-order valence-electron chi connectivity index (χ0n) is 12.1. The summed E-state index contributed by atoms with van der Waals surface area (Å²) in [6, 6.07) is 18.1. The van der Waals surface area contributed by atoms with Crippen LogP contribution in [0.3, 0.4) is 0 Å². The Morgan fingerprint density at radius 3 is 2.48 bits per heavy atom. The number of para-hydroxylation sites is 1. The number of benzene rings is 2. The first kappa shape index (κ1) is 13.8. The van der Waals surface area contributed by atoms with Crippen LogP contribution in [-0.2, 0) is 17.8 Å². The maximum absolute atomic E-state index is 12.3. The Hall–Kier alpha value is -2.13. The van der Waals surface area contributed by atoms with E-state index in [1.807, 2.05) is 56.4 Å². The first-order valence-corrected chi connectivity index (χ1v) is 8.06. The van der Waals surface area contributed by atoms with Crippen molar-refractivity contribution < 1.29 is 4.21 Å². The number of nitrogens with zero attached hydrogens (tertiary/aromatic N) is 1. The number of hydrogen-bond donors (Lipinski definition) is 0. The Bertz CT molecular complexity index is 828. The van der Waals surface area contributed by atoms with Gasteiger partial charge in [0.2, 0.25) is 0 Å². The van der Waals surface area contributed by atoms with Crippen LogP contribution in [0.15, 0.2) is 64.9 Å². The largest absolute Gasteiger partial charge is 0.344 e. The highest BCUT2D eigenvalue weighted by atomic mass is 32.2. The molecule has 1 heterocycles. The van der Waals surface area contributed by atoms with Crippen molar-refractivity contribution in [3.8, 4) is 0 Å². The van der Waals surface area contributed by atoms with E-state index in [0.717, 1.165) is 10.6 Å². The number of aromatic nitrogens is 1. The van der Waals surface area contributed by atoms with Crippen LogP contribution in [0.2, 0.25) is 0 Å². The predicted octanol–water partition coefficient (Wildman–Crippen LogP) is 4.27. The number of aryl methyl sites for hydroxylation is 2. The van der Waals surface area contributed by atoms with Gasteiger partial charge < -0.3 is 4.57 Å². The first-order valence-electron chi connectivity index (χ1n) is 6.85. The molecule has 0 bridgehead atoms. The summed E-state index contributed by atoms with van der Waals surface area (Å²) < 4.78 is 14.4. The molecule has 0 saturated carbocycles. The summed E-state index contributed by atoms with van der Waals surface area (Å²) >= 11 is 0. The van der Waals surface area contributed by atoms with E-state index in [4.69, 9.17) is 0 Å². The molecule has 3 rings (SSSR count). The second kappa shape index (κ2) is 5.70. The molecule has 21 heavy (non-hydrogen) atoms. The molecule has 0 radical (unpaired) electrons. The van der Waals surface area contributed by atoms with Crippen molar-refractivity contribution in [2.75, 3.05) is 0 Å². The quantitative estimate of drug-likeness (QED) is 0.707. The lowest BCUT2D eigenvalue weighted by Gasteiger charge is -2.00. The summed E-state index contributed by atoms with van der Waals surface area (Å²) in [5.74, 6) is 0. The molecule has 1 atom stereocenters. The molecule has 0 saturated heterocycles. The summed E-state index contributed by atoms with van der Waals surface area (Å²) in [7, 11) is 0.909. The highest BCUT2D eigenvalue weighted by molar-refractivity contribution is 7.88. The lowest BCUT2D eigenvalue weighted by Crippen LogP contribution is -1.91. The van der Waals surface area contributed by atoms with Gasteiger partial charge in [-0.2, -0.15) is 0 Å². The van der Waals surface area contributed by atoms with Crippen LogP contribution in [0.25, 0.3) is 17.0 Å². The Morgan fingerprint density at radius 1 is 1.05 bits per heavy atom. The van der Waals surface area contributed by atoms with Crippen molar-refractivity contribution in [3.05, 3.63) is 71.3 Å². The molecule has 0 N–H and O–H groups in total. The van der Waals surface area contributed by atoms with Crippen LogP contribution in [0.1, 0.15) is 11.3 Å². The zero-order chi connectivity index (χ0) is 14.8. The average molecular weight is 295 g/mol. The monoisotopic (exact) mass is 295 g/mol. The average Bonchev–Trinajstić information content (AvgIpc) is 2.82. The normalized spacial score (nSPS) is 13.0. The van der Waals surface area contributed by atoms with Crippen LogP contribution in [0.4, 0.5) is 0 Å². The Kier molecular flexibility index (Phi) is 3.76. The smallest absolute Gasteiger partial charge is 0.0776 e. The third-order valence-electron chi connectivity index (χ3n) is 3.60. The van der Waals surface area contributed by atoms with E-state index in [9.17, 15) is 4.21 Å². The third kappa shape index (κ3) is 2.83. The number of hydrogen-bond acceptors (Lipinski definition) is 1. The molecule has 0 aliphatic rings. The van der Waals surface area contributed by atoms with Gasteiger partial charge in [0.05, 0.1) is 10.8 Å². The lowest BCUT2D eigenvalue weighted by molar-refractivity contribution is 0.688. The molecule has 106 valence electrons. The zero-order valence-corrected chi connectivity index (χ0v) is 12.9. The molecule has 1 unspecified atom stereocenters. The molecule has 2 aromatic carbocycles. The van der Waals surface area contributed by atoms with Crippen molar-refractivity contribution in [1.82, 2.24) is 4.57 Å². The van der Waals surface area contributed by atoms with Crippen molar-refractivity contribution in [1.29, 1.82) is 0 Å². The van der Waals surface area contributed by atoms with E-state index >= 15 is 0 Å². The van der Waals surface area contributed by atoms with Crippen molar-refractivity contribution in [2.24, 2.45) is 7.05 Å². The van der Waals surface area contributed by atoms with E-state index < -0.39 is 10.8 Å². The summed E-state index contributed by atoms with van der Waals surface area (Å²) in [6.07, 6.45) is 1.93. The predicted molar refractivity (Wildman–Crippen MR) is 89.5 cm³/mol. The Morgan fingerprint density at radius 2 is 1.76 bits per heavy atom. The van der Waals surface area contributed by atoms with Gasteiger partial charge in [-0.1, -0.05) is 35.9 Å². The molecule has 0 amide bonds. The van der Waals surface area contributed by atoms with E-state index in [1.54, 1.807) is 5.41 Å². The molecule has 0 fully saturated rings. The molecular formula is C18H17NOS. The van der Waals surface area contributed by atoms with Gasteiger partial charge in [-0.3, -0.25) is 0 Å². The number of fused-ring (bicyclic) bond motifs is 1. The van der Waals surface area contributed by atoms with Crippen molar-refractivity contribution >= 4 is 27.8 Å². The van der Waals surface area contributed by atoms with Gasteiger partial charge in [0.1, 0.15) is 0 Å². The Labute approximate surface area is 127 Å². The van der Waals surface area contributed by atoms with E-state index in [0.29, 0.717) is 0 Å². The van der Waals surface area contributed by atoms with Gasteiger partial charge in [0.25, 0.3) is 0 Å². The summed E-state index contributed by atoms with van der Waals surface area (Å²) in [5, 5.41) is 2.94. The lowest BCUT2D eigenvalue weighted by atomic mass is 10.2. The van der Waals surface area contributed by atoms with Crippen molar-refractivity contribution in [2.45, 2.75) is 11.8 Å². The maximum atomic E-state index is 12.3. The van der Waals surface area contributed by atoms with Crippen LogP contribution < -0.4 is 0 Å². The first-order chi connectivity index (χ1) is 10.1. The minimum atomic E-state index is -1.12. The van der Waals surface area contributed by atoms with E-state index in [2.05, 4.69) is 22.8 Å². The second-order valence-electron chi connectivity index (χ2n) is 5.10. The summed E-state index contributed by atoms with van der Waals surface area (Å²) in [5.41, 5.74) is 3.41. The molecule has 0 aliphatic heterocycles. The van der Waals surface area contributed by atoms with Gasteiger partial charge in [0, 0.05) is 33.9 Å². The molecule has 0 aliphatic carbocycles. The van der Waals surface area contributed by atoms with Gasteiger partial charge in [0.15, 0.2) is 0 Å². The summed E-state index contributed by atoms with van der Waals surface area (Å²) in [6.45, 7) is 2.03. The van der Waals surface area contributed by atoms with Crippen LogP contribution in [-0.4, -0.2) is 8.78 Å². The maximum Gasteiger partial charge on any atom is 0.0776 e. The highest BCUT2D eigenvalue weighted by Gasteiger charge is 2.03. The van der Waals surface area contributed by atoms with Crippen molar-refractivity contribution in [3.63, 3.8) is 0 Å². The van der Waals surface area contributed by atoms with Gasteiger partial charge in [-0.25, -0.2) is 4.21 Å². The van der Waals surface area contributed by atoms with Gasteiger partial charge in [-0.05, 0) is 37.3 Å². The molecule has 3 heteroatoms. The topological polar surface area (TPSA) is 22.0 Å². The molecule has 2 nitrogen and oxygen atoms in total. The number of rotatable bonds is 3. The van der Waals surface area contributed by atoms with Crippen LogP contribution in [0, 0.1) is 6.92 Å². The molecule has 0 spiro atoms. The SMILES string of the molecule is Cc1ccc(S(=O)/C=C\c2cc3ccccc3n2C)cc1. The summed E-state index contributed by atoms with van der Waals surface area (Å²) in [4.78, 5) is 0.829. The van der Waals surface area contributed by atoms with E-state index in [1.165, 1.54) is 16.5 Å². The Balaban J connectivity index is 1.89. The van der Waals surface area contributed by atoms with Crippen LogP contribution >= 0.6 is 0 Å². The highest BCUT2D eigenvalue weighted by Crippen LogP contribution is 2.20. The van der Waals surface area contributed by atoms with Crippen LogP contribution in [0.5, 0.6) is 0 Å². The fourth-order valence-corrected chi connectivity index (χ4v) is 3.18. The van der Waals surface area contributed by atoms with E-state index in [-0.39, 0.29) is 0 Å². The fraction of sp³-hybridized carbons (Fsp3) is 0.111. The minimum absolute atomic E-state index is 0.829. The molecule has 3 aromatic rings. The minimum Gasteiger partial charge on any atom is -0.344 e.